The Morgan fingerprint density at radius 3 is 2.56 bits per heavy atom. The summed E-state index contributed by atoms with van der Waals surface area (Å²) < 4.78 is 0. The smallest absolute Gasteiger partial charge is 0.0197 e. The summed E-state index contributed by atoms with van der Waals surface area (Å²) in [5.41, 5.74) is 0. The molecule has 3 atom stereocenters. The molecule has 0 bridgehead atoms. The van der Waals surface area contributed by atoms with Gasteiger partial charge in [0.2, 0.25) is 0 Å². The Balaban J connectivity index is 1.47. The van der Waals surface area contributed by atoms with Crippen LogP contribution in [0.2, 0.25) is 0 Å². The number of fused-ring (bicyclic) bond motifs is 1. The first-order chi connectivity index (χ1) is 8.85. The van der Waals surface area contributed by atoms with Crippen LogP contribution in [0.1, 0.15) is 58.3 Å². The van der Waals surface area contributed by atoms with Gasteiger partial charge < -0.3 is 10.2 Å². The van der Waals surface area contributed by atoms with Crippen molar-refractivity contribution in [3.05, 3.63) is 0 Å². The molecule has 0 aromatic heterocycles. The molecule has 1 heterocycles. The van der Waals surface area contributed by atoms with Crippen LogP contribution in [0.5, 0.6) is 0 Å². The number of nitrogens with one attached hydrogen (secondary N) is 1. The van der Waals surface area contributed by atoms with Crippen molar-refractivity contribution in [2.24, 2.45) is 11.8 Å². The predicted molar refractivity (Wildman–Crippen MR) is 76.7 cm³/mol. The highest BCUT2D eigenvalue weighted by Gasteiger charge is 2.32. The molecule has 1 saturated heterocycles. The van der Waals surface area contributed by atoms with Crippen LogP contribution in [-0.4, -0.2) is 36.6 Å². The minimum atomic E-state index is 0.781. The predicted octanol–water partition coefficient (Wildman–Crippen LogP) is 3.03. The largest absolute Gasteiger partial charge is 0.310 e. The summed E-state index contributed by atoms with van der Waals surface area (Å²) in [6, 6.07) is 1.64. The van der Waals surface area contributed by atoms with Gasteiger partial charge in [0.15, 0.2) is 0 Å². The molecule has 0 aromatic rings. The van der Waals surface area contributed by atoms with Crippen molar-refractivity contribution >= 4 is 0 Å². The van der Waals surface area contributed by atoms with Crippen LogP contribution in [0.3, 0.4) is 0 Å². The molecule has 1 aliphatic heterocycles. The van der Waals surface area contributed by atoms with Crippen LogP contribution in [-0.2, 0) is 0 Å². The lowest BCUT2D eigenvalue weighted by atomic mass is 9.78. The molecule has 18 heavy (non-hydrogen) atoms. The van der Waals surface area contributed by atoms with Crippen LogP contribution in [0.15, 0.2) is 0 Å². The topological polar surface area (TPSA) is 15.3 Å². The molecule has 2 heteroatoms. The van der Waals surface area contributed by atoms with E-state index in [1.807, 2.05) is 0 Å². The lowest BCUT2D eigenvalue weighted by Crippen LogP contribution is -2.53. The zero-order valence-corrected chi connectivity index (χ0v) is 12.0. The average Bonchev–Trinajstić information content (AvgIpc) is 3.22. The van der Waals surface area contributed by atoms with Gasteiger partial charge in [0, 0.05) is 25.2 Å². The van der Waals surface area contributed by atoms with E-state index in [1.165, 1.54) is 71.0 Å². The maximum atomic E-state index is 3.97. The molecule has 1 N–H and O–H groups in total. The highest BCUT2D eigenvalue weighted by Crippen LogP contribution is 2.33. The van der Waals surface area contributed by atoms with E-state index < -0.39 is 0 Å². The zero-order chi connectivity index (χ0) is 12.4. The van der Waals surface area contributed by atoms with Gasteiger partial charge in [-0.2, -0.15) is 0 Å². The molecule has 104 valence electrons. The minimum absolute atomic E-state index is 0.781. The van der Waals surface area contributed by atoms with Gasteiger partial charge in [-0.3, -0.25) is 0 Å². The Bertz CT molecular complexity index is 262. The van der Waals surface area contributed by atoms with Crippen molar-refractivity contribution in [1.29, 1.82) is 0 Å². The molecular weight excluding hydrogens is 220 g/mol. The van der Waals surface area contributed by atoms with Gasteiger partial charge in [0.1, 0.15) is 0 Å². The molecule has 2 saturated carbocycles. The first-order valence-electron chi connectivity index (χ1n) is 8.33. The summed E-state index contributed by atoms with van der Waals surface area (Å²) in [6.45, 7) is 6.23. The molecule has 3 unspecified atom stereocenters. The van der Waals surface area contributed by atoms with Gasteiger partial charge in [-0.05, 0) is 56.9 Å². The zero-order valence-electron chi connectivity index (χ0n) is 12.0. The minimum Gasteiger partial charge on any atom is -0.310 e. The van der Waals surface area contributed by atoms with Crippen LogP contribution in [0, 0.1) is 11.8 Å². The fraction of sp³-hybridized carbons (Fsp3) is 1.00. The second-order valence-electron chi connectivity index (χ2n) is 6.89. The lowest BCUT2D eigenvalue weighted by molar-refractivity contribution is 0.144. The Labute approximate surface area is 113 Å². The van der Waals surface area contributed by atoms with Crippen molar-refractivity contribution in [1.82, 2.24) is 10.2 Å². The van der Waals surface area contributed by atoms with Crippen molar-refractivity contribution in [2.75, 3.05) is 19.6 Å². The Morgan fingerprint density at radius 1 is 0.944 bits per heavy atom. The van der Waals surface area contributed by atoms with Gasteiger partial charge >= 0.3 is 0 Å². The molecule has 0 radical (unpaired) electrons. The van der Waals surface area contributed by atoms with Crippen molar-refractivity contribution in [3.8, 4) is 0 Å². The third kappa shape index (κ3) is 3.27. The SMILES string of the molecule is CCN(CC1CC1)CC1CCC2CCCCC2N1. The van der Waals surface area contributed by atoms with E-state index in [0.717, 1.165) is 23.9 Å². The molecule has 2 aliphatic carbocycles. The summed E-state index contributed by atoms with van der Waals surface area (Å²) in [7, 11) is 0. The van der Waals surface area contributed by atoms with Crippen LogP contribution in [0.4, 0.5) is 0 Å². The van der Waals surface area contributed by atoms with Crippen LogP contribution in [0.25, 0.3) is 0 Å². The van der Waals surface area contributed by atoms with E-state index in [4.69, 9.17) is 0 Å². The molecule has 3 fully saturated rings. The molecule has 0 amide bonds. The molecular formula is C16H30N2. The summed E-state index contributed by atoms with van der Waals surface area (Å²) in [4.78, 5) is 2.69. The van der Waals surface area contributed by atoms with E-state index in [2.05, 4.69) is 17.1 Å². The molecule has 3 aliphatic rings. The summed E-state index contributed by atoms with van der Waals surface area (Å²) in [5.74, 6) is 2.05. The summed E-state index contributed by atoms with van der Waals surface area (Å²) in [6.07, 6.45) is 11.8. The maximum Gasteiger partial charge on any atom is 0.0197 e. The van der Waals surface area contributed by atoms with Gasteiger partial charge in [-0.1, -0.05) is 19.8 Å². The van der Waals surface area contributed by atoms with Gasteiger partial charge in [-0.25, -0.2) is 0 Å². The van der Waals surface area contributed by atoms with E-state index in [0.29, 0.717) is 0 Å². The fourth-order valence-electron chi connectivity index (χ4n) is 4.03. The van der Waals surface area contributed by atoms with Gasteiger partial charge in [-0.15, -0.1) is 0 Å². The maximum absolute atomic E-state index is 3.97. The van der Waals surface area contributed by atoms with E-state index in [1.54, 1.807) is 0 Å². The number of nitrogens with zero attached hydrogens (tertiary/aromatic N) is 1. The van der Waals surface area contributed by atoms with Gasteiger partial charge in [0.25, 0.3) is 0 Å². The summed E-state index contributed by atoms with van der Waals surface area (Å²) in [5, 5.41) is 3.97. The second kappa shape index (κ2) is 5.92. The van der Waals surface area contributed by atoms with Crippen LogP contribution < -0.4 is 5.32 Å². The normalized spacial score (nSPS) is 36.7. The van der Waals surface area contributed by atoms with E-state index in [-0.39, 0.29) is 0 Å². The number of likely N-dealkylation sites (N-methyl/N-ethyl adjacent to an activating group) is 1. The molecule has 0 spiro atoms. The number of hydrogen-bond donors (Lipinski definition) is 1. The standard InChI is InChI=1S/C16H30N2/c1-2-18(11-13-7-8-13)12-15-10-9-14-5-3-4-6-16(14)17-15/h13-17H,2-12H2,1H3. The van der Waals surface area contributed by atoms with Crippen LogP contribution >= 0.6 is 0 Å². The first-order valence-corrected chi connectivity index (χ1v) is 8.33. The van der Waals surface area contributed by atoms with E-state index >= 15 is 0 Å². The molecule has 3 rings (SSSR count). The Kier molecular flexibility index (Phi) is 4.25. The highest BCUT2D eigenvalue weighted by atomic mass is 15.2. The fourth-order valence-corrected chi connectivity index (χ4v) is 4.03. The lowest BCUT2D eigenvalue weighted by Gasteiger charge is -2.42. The summed E-state index contributed by atoms with van der Waals surface area (Å²) >= 11 is 0. The monoisotopic (exact) mass is 250 g/mol. The molecule has 0 aromatic carbocycles. The number of rotatable bonds is 5. The highest BCUT2D eigenvalue weighted by molar-refractivity contribution is 4.90. The first kappa shape index (κ1) is 12.9. The quantitative estimate of drug-likeness (QED) is 0.807. The van der Waals surface area contributed by atoms with Crippen molar-refractivity contribution < 1.29 is 0 Å². The average molecular weight is 250 g/mol. The van der Waals surface area contributed by atoms with Crippen molar-refractivity contribution in [3.63, 3.8) is 0 Å². The number of hydrogen-bond acceptors (Lipinski definition) is 2. The number of piperidine rings is 1. The van der Waals surface area contributed by atoms with Gasteiger partial charge in [0.05, 0.1) is 0 Å². The molecule has 2 nitrogen and oxygen atoms in total. The Morgan fingerprint density at radius 2 is 1.78 bits per heavy atom. The Hall–Kier alpha value is -0.0800. The van der Waals surface area contributed by atoms with Crippen molar-refractivity contribution in [2.45, 2.75) is 70.4 Å². The second-order valence-corrected chi connectivity index (χ2v) is 6.89. The third-order valence-electron chi connectivity index (χ3n) is 5.38. The van der Waals surface area contributed by atoms with E-state index in [9.17, 15) is 0 Å². The third-order valence-corrected chi connectivity index (χ3v) is 5.38.